The van der Waals surface area contributed by atoms with Gasteiger partial charge in [-0.1, -0.05) is 107 Å². The molecule has 0 fully saturated rings. The first kappa shape index (κ1) is 39.6. The van der Waals surface area contributed by atoms with E-state index in [1.807, 2.05) is 0 Å². The molecule has 2 aromatic rings. The molecule has 0 spiro atoms. The van der Waals surface area contributed by atoms with Crippen molar-refractivity contribution >= 4 is 5.69 Å². The Morgan fingerprint density at radius 1 is 0.962 bits per heavy atom. The molecule has 52 heavy (non-hydrogen) atoms. The second-order valence-corrected chi connectivity index (χ2v) is 14.1. The molecule has 2 aromatic carbocycles. The summed E-state index contributed by atoms with van der Waals surface area (Å²) in [7, 11) is 1.70. The second kappa shape index (κ2) is 17.3. The highest BCUT2D eigenvalue weighted by molar-refractivity contribution is 5.63. The summed E-state index contributed by atoms with van der Waals surface area (Å²) in [5, 5.41) is 29.1. The molecule has 2 aliphatic rings. The number of allylic oxidation sites excluding steroid dienone is 7. The van der Waals surface area contributed by atoms with Crippen molar-refractivity contribution in [3.8, 4) is 24.0 Å². The summed E-state index contributed by atoms with van der Waals surface area (Å²) < 4.78 is 56.8. The molecule has 1 aliphatic carbocycles. The number of anilines is 1. The third-order valence-corrected chi connectivity index (χ3v) is 9.54. The van der Waals surface area contributed by atoms with Gasteiger partial charge in [0.2, 0.25) is 0 Å². The van der Waals surface area contributed by atoms with Gasteiger partial charge in [-0.25, -0.2) is 0 Å². The molecule has 272 valence electrons. The fraction of sp³-hybridized carbons (Fsp3) is 0.419. The van der Waals surface area contributed by atoms with Gasteiger partial charge in [0, 0.05) is 36.0 Å². The highest BCUT2D eigenvalue weighted by Gasteiger charge is 2.65. The third kappa shape index (κ3) is 8.80. The molecule has 0 aromatic heterocycles. The minimum atomic E-state index is -5.04. The van der Waals surface area contributed by atoms with Crippen molar-refractivity contribution in [1.82, 2.24) is 0 Å². The third-order valence-electron chi connectivity index (χ3n) is 9.54. The molecule has 1 aliphatic heterocycles. The van der Waals surface area contributed by atoms with Gasteiger partial charge in [0.25, 0.3) is 5.60 Å². The molecule has 1 heterocycles. The first-order valence-corrected chi connectivity index (χ1v) is 17.9. The Morgan fingerprint density at radius 2 is 1.63 bits per heavy atom. The monoisotopic (exact) mass is 708 g/mol. The molecule has 0 saturated heterocycles. The van der Waals surface area contributed by atoms with Crippen LogP contribution in [-0.2, 0) is 16.8 Å². The average Bonchev–Trinajstić information content (AvgIpc) is 3.46. The van der Waals surface area contributed by atoms with Crippen molar-refractivity contribution in [2.24, 2.45) is 5.41 Å². The first-order valence-electron chi connectivity index (χ1n) is 17.9. The Balaban J connectivity index is 1.68. The number of ether oxygens (including phenoxy) is 2. The molecule has 0 saturated carbocycles. The summed E-state index contributed by atoms with van der Waals surface area (Å²) in [6.45, 7) is 10.8. The maximum absolute atomic E-state index is 15.2. The van der Waals surface area contributed by atoms with Crippen LogP contribution in [0.25, 0.3) is 0 Å². The van der Waals surface area contributed by atoms with Crippen molar-refractivity contribution in [1.29, 1.82) is 15.8 Å². The van der Waals surface area contributed by atoms with Gasteiger partial charge in [0.1, 0.15) is 29.5 Å². The van der Waals surface area contributed by atoms with Gasteiger partial charge >= 0.3 is 6.18 Å². The Kier molecular flexibility index (Phi) is 13.2. The number of methoxy groups -OCH3 is 1. The number of halogens is 3. The molecule has 0 radical (unpaired) electrons. The van der Waals surface area contributed by atoms with Gasteiger partial charge in [-0.3, -0.25) is 0 Å². The number of nitriles is 3. The van der Waals surface area contributed by atoms with Gasteiger partial charge in [-0.15, -0.1) is 0 Å². The summed E-state index contributed by atoms with van der Waals surface area (Å²) in [6.07, 6.45) is 9.22. The number of aryl methyl sites for hydroxylation is 1. The number of hydrogen-bond donors (Lipinski definition) is 0. The van der Waals surface area contributed by atoms with Crippen LogP contribution in [0.1, 0.15) is 83.8 Å². The molecule has 9 heteroatoms. The van der Waals surface area contributed by atoms with Crippen LogP contribution in [0.5, 0.6) is 5.75 Å². The smallest absolute Gasteiger partial charge is 0.437 e. The van der Waals surface area contributed by atoms with Crippen molar-refractivity contribution in [3.05, 3.63) is 118 Å². The highest BCUT2D eigenvalue weighted by atomic mass is 19.4. The van der Waals surface area contributed by atoms with E-state index in [1.54, 1.807) is 37.5 Å². The zero-order valence-electron chi connectivity index (χ0n) is 30.7. The summed E-state index contributed by atoms with van der Waals surface area (Å²) in [4.78, 5) is 2.44. The quantitative estimate of drug-likeness (QED) is 0.181. The van der Waals surface area contributed by atoms with Crippen LogP contribution in [0.3, 0.4) is 0 Å². The van der Waals surface area contributed by atoms with Crippen LogP contribution < -0.4 is 9.64 Å². The number of benzene rings is 2. The maximum atomic E-state index is 15.2. The maximum Gasteiger partial charge on any atom is 0.437 e. The van der Waals surface area contributed by atoms with E-state index in [-0.39, 0.29) is 11.0 Å². The van der Waals surface area contributed by atoms with Crippen LogP contribution in [-0.4, -0.2) is 26.4 Å². The normalized spacial score (nSPS) is 19.1. The van der Waals surface area contributed by atoms with Crippen LogP contribution in [0.2, 0.25) is 0 Å². The van der Waals surface area contributed by atoms with Crippen molar-refractivity contribution in [3.63, 3.8) is 0 Å². The van der Waals surface area contributed by atoms with E-state index < -0.39 is 34.3 Å². The van der Waals surface area contributed by atoms with E-state index in [1.165, 1.54) is 47.7 Å². The molecular formula is C43H47F3N4O2. The predicted molar refractivity (Wildman–Crippen MR) is 198 cm³/mol. The van der Waals surface area contributed by atoms with E-state index in [0.29, 0.717) is 6.42 Å². The molecule has 1 atom stereocenters. The lowest BCUT2D eigenvalue weighted by Crippen LogP contribution is -2.43. The van der Waals surface area contributed by atoms with Crippen LogP contribution >= 0.6 is 0 Å². The highest BCUT2D eigenvalue weighted by Crippen LogP contribution is 2.56. The topological polar surface area (TPSA) is 93.1 Å². The van der Waals surface area contributed by atoms with Crippen LogP contribution in [0.4, 0.5) is 18.9 Å². The van der Waals surface area contributed by atoms with Crippen LogP contribution in [0, 0.1) is 39.4 Å². The van der Waals surface area contributed by atoms with E-state index in [0.717, 1.165) is 74.9 Å². The molecular weight excluding hydrogens is 661 g/mol. The van der Waals surface area contributed by atoms with Crippen molar-refractivity contribution < 1.29 is 22.6 Å². The number of unbranched alkanes of at least 4 members (excludes halogenated alkanes) is 2. The van der Waals surface area contributed by atoms with Gasteiger partial charge in [-0.05, 0) is 61.1 Å². The number of alkyl halides is 3. The minimum absolute atomic E-state index is 0.0888. The molecule has 1 unspecified atom stereocenters. The number of nitrogens with zero attached hydrogens (tertiary/aromatic N) is 4. The van der Waals surface area contributed by atoms with E-state index in [9.17, 15) is 15.8 Å². The molecule has 0 amide bonds. The summed E-state index contributed by atoms with van der Waals surface area (Å²) in [6, 6.07) is 18.4. The molecule has 4 rings (SSSR count). The van der Waals surface area contributed by atoms with Gasteiger partial charge in [0.05, 0.1) is 7.11 Å². The fourth-order valence-electron chi connectivity index (χ4n) is 7.06. The number of rotatable bonds is 14. The zero-order valence-corrected chi connectivity index (χ0v) is 30.7. The average molecular weight is 709 g/mol. The van der Waals surface area contributed by atoms with E-state index >= 15 is 13.2 Å². The summed E-state index contributed by atoms with van der Waals surface area (Å²) in [5.41, 5.74) is -0.702. The Bertz CT molecular complexity index is 1860. The molecule has 0 N–H and O–H groups in total. The standard InChI is InChI=1S/C43H47F3N4O2/c1-6-8-22-50(23-9-7-2)36-21-20-33(39(25-36)51-5)19-18-32-24-31(26-41(3,4)27-32)14-13-17-38-37(30-49)40(34(28-47)29-48)52-42(38,43(44,45)46)35-15-11-10-12-16-35/h10-17,20-21,24-25H,6-9,18-19,22-23,26-27H2,1-5H3/b17-13+,31-14-. The largest absolute Gasteiger partial charge is 0.496 e. The van der Waals surface area contributed by atoms with Gasteiger partial charge < -0.3 is 14.4 Å². The molecule has 6 nitrogen and oxygen atoms in total. The zero-order chi connectivity index (χ0) is 37.9. The van der Waals surface area contributed by atoms with Crippen molar-refractivity contribution in [2.75, 3.05) is 25.1 Å². The fourth-order valence-corrected chi connectivity index (χ4v) is 7.06. The van der Waals surface area contributed by atoms with Gasteiger partial charge in [-0.2, -0.15) is 29.0 Å². The second-order valence-electron chi connectivity index (χ2n) is 14.1. The lowest BCUT2D eigenvalue weighted by Gasteiger charge is -2.33. The number of hydrogen-bond acceptors (Lipinski definition) is 6. The summed E-state index contributed by atoms with van der Waals surface area (Å²) in [5.74, 6) is 0.182. The van der Waals surface area contributed by atoms with Gasteiger partial charge in [0.15, 0.2) is 11.3 Å². The predicted octanol–water partition coefficient (Wildman–Crippen LogP) is 10.9. The Labute approximate surface area is 306 Å². The summed E-state index contributed by atoms with van der Waals surface area (Å²) >= 11 is 0. The lowest BCUT2D eigenvalue weighted by atomic mass is 9.74. The first-order chi connectivity index (χ1) is 24.9. The SMILES string of the molecule is CCCCN(CCCC)c1ccc(CCC2=C/C(=C/C=C/C3=C(C#N)C(=C(C#N)C#N)OC3(c3ccccc3)C(F)(F)F)CC(C)(C)C2)c(OC)c1. The minimum Gasteiger partial charge on any atom is -0.496 e. The van der Waals surface area contributed by atoms with E-state index in [2.05, 4.69) is 56.9 Å². The Morgan fingerprint density at radius 3 is 2.21 bits per heavy atom. The molecule has 0 bridgehead atoms. The Hall–Kier alpha value is -5.20. The van der Waals surface area contributed by atoms with E-state index in [4.69, 9.17) is 9.47 Å². The van der Waals surface area contributed by atoms with Crippen molar-refractivity contribution in [2.45, 2.75) is 90.8 Å². The lowest BCUT2D eigenvalue weighted by molar-refractivity contribution is -0.249. The van der Waals surface area contributed by atoms with Crippen LogP contribution in [0.15, 0.2) is 106 Å².